The molecule has 0 spiro atoms. The van der Waals surface area contributed by atoms with Crippen LogP contribution >= 0.6 is 0 Å². The number of carbonyl (C=O) groups excluding carboxylic acids is 1. The van der Waals surface area contributed by atoms with Gasteiger partial charge >= 0.3 is 5.97 Å². The molecule has 1 saturated heterocycles. The van der Waals surface area contributed by atoms with Crippen molar-refractivity contribution in [3.05, 3.63) is 35.6 Å². The van der Waals surface area contributed by atoms with Gasteiger partial charge in [-0.1, -0.05) is 31.0 Å². The lowest BCUT2D eigenvalue weighted by Gasteiger charge is -2.43. The highest BCUT2D eigenvalue weighted by Crippen LogP contribution is 2.32. The second kappa shape index (κ2) is 7.18. The quantitative estimate of drug-likeness (QED) is 0.791. The van der Waals surface area contributed by atoms with E-state index >= 15 is 0 Å². The van der Waals surface area contributed by atoms with Gasteiger partial charge in [-0.25, -0.2) is 4.79 Å². The number of fused-ring (bicyclic) bond motifs is 2. The first-order chi connectivity index (χ1) is 12.3. The van der Waals surface area contributed by atoms with E-state index in [-0.39, 0.29) is 5.97 Å². The molecule has 2 heterocycles. The molecule has 2 atom stereocenters. The normalized spacial score (nSPS) is 24.2. The Hall–Kier alpha value is -1.85. The Bertz CT molecular complexity index is 751. The number of hydrogen-bond acceptors (Lipinski definition) is 5. The van der Waals surface area contributed by atoms with Crippen molar-refractivity contribution in [2.45, 2.75) is 51.3 Å². The maximum atomic E-state index is 12.5. The second-order valence-electron chi connectivity index (χ2n) is 6.85. The maximum absolute atomic E-state index is 12.5. The summed E-state index contributed by atoms with van der Waals surface area (Å²) in [5, 5.41) is 0.837. The minimum absolute atomic E-state index is 0.295. The van der Waals surface area contributed by atoms with Crippen LogP contribution in [0.5, 0.6) is 0 Å². The topological polar surface area (TPSA) is 51.9 Å². The summed E-state index contributed by atoms with van der Waals surface area (Å²) < 4.78 is 17.3. The van der Waals surface area contributed by atoms with E-state index in [0.29, 0.717) is 36.6 Å². The largest absolute Gasteiger partial charge is 0.462 e. The van der Waals surface area contributed by atoms with Crippen LogP contribution in [0, 0.1) is 0 Å². The van der Waals surface area contributed by atoms with E-state index < -0.39 is 0 Å². The van der Waals surface area contributed by atoms with Gasteiger partial charge in [0.05, 0.1) is 25.9 Å². The molecule has 1 aliphatic carbocycles. The van der Waals surface area contributed by atoms with E-state index in [4.69, 9.17) is 13.9 Å². The van der Waals surface area contributed by atoms with E-state index in [1.54, 1.807) is 0 Å². The van der Waals surface area contributed by atoms with Gasteiger partial charge in [0, 0.05) is 18.0 Å². The van der Waals surface area contributed by atoms with Gasteiger partial charge in [-0.2, -0.15) is 0 Å². The summed E-state index contributed by atoms with van der Waals surface area (Å²) in [6.45, 7) is 4.44. The predicted molar refractivity (Wildman–Crippen MR) is 94.6 cm³/mol. The van der Waals surface area contributed by atoms with Gasteiger partial charge < -0.3 is 13.9 Å². The number of morpholine rings is 1. The Morgan fingerprint density at radius 1 is 1.28 bits per heavy atom. The van der Waals surface area contributed by atoms with Gasteiger partial charge in [-0.15, -0.1) is 0 Å². The zero-order valence-corrected chi connectivity index (χ0v) is 14.7. The number of nitrogens with zero attached hydrogens (tertiary/aromatic N) is 1. The highest BCUT2D eigenvalue weighted by molar-refractivity contribution is 6.04. The Morgan fingerprint density at radius 3 is 3.00 bits per heavy atom. The summed E-state index contributed by atoms with van der Waals surface area (Å²) in [5.41, 5.74) is 1.32. The zero-order valence-electron chi connectivity index (χ0n) is 14.7. The fourth-order valence-electron chi connectivity index (χ4n) is 4.19. The highest BCUT2D eigenvalue weighted by atomic mass is 16.5. The predicted octanol–water partition coefficient (Wildman–Crippen LogP) is 3.75. The Kier molecular flexibility index (Phi) is 4.77. The van der Waals surface area contributed by atoms with E-state index in [2.05, 4.69) is 4.90 Å². The van der Waals surface area contributed by atoms with Crippen LogP contribution in [0.4, 0.5) is 0 Å². The first-order valence-corrected chi connectivity index (χ1v) is 9.31. The van der Waals surface area contributed by atoms with Crippen LogP contribution in [-0.2, 0) is 16.0 Å². The van der Waals surface area contributed by atoms with E-state index in [1.165, 1.54) is 12.8 Å². The molecule has 4 rings (SSSR count). The van der Waals surface area contributed by atoms with Gasteiger partial charge in [-0.05, 0) is 25.8 Å². The third kappa shape index (κ3) is 3.18. The number of esters is 1. The molecule has 0 amide bonds. The van der Waals surface area contributed by atoms with E-state index in [1.807, 2.05) is 31.2 Å². The minimum Gasteiger partial charge on any atom is -0.462 e. The summed E-state index contributed by atoms with van der Waals surface area (Å²) >= 11 is 0. The molecule has 1 aliphatic heterocycles. The second-order valence-corrected chi connectivity index (χ2v) is 6.85. The van der Waals surface area contributed by atoms with Crippen molar-refractivity contribution in [1.29, 1.82) is 0 Å². The zero-order chi connectivity index (χ0) is 17.2. The number of hydrogen-bond donors (Lipinski definition) is 0. The number of ether oxygens (including phenoxy) is 2. The average molecular weight is 343 g/mol. The third-order valence-corrected chi connectivity index (χ3v) is 5.34. The van der Waals surface area contributed by atoms with Crippen molar-refractivity contribution in [3.8, 4) is 0 Å². The molecule has 2 aromatic rings. The summed E-state index contributed by atoms with van der Waals surface area (Å²) in [6, 6.07) is 8.11. The van der Waals surface area contributed by atoms with Crippen LogP contribution in [0.3, 0.4) is 0 Å². The fourth-order valence-corrected chi connectivity index (χ4v) is 4.19. The molecule has 0 bridgehead atoms. The molecule has 25 heavy (non-hydrogen) atoms. The summed E-state index contributed by atoms with van der Waals surface area (Å²) in [5.74, 6) is 0.418. The molecule has 1 saturated carbocycles. The standard InChI is InChI=1S/C20H25NO4/c1-2-23-20(22)19-14-7-3-5-9-16(14)25-18(19)13-21-11-12-24-17-10-6-4-8-15(17)21/h3,5,7,9,15,17H,2,4,6,8,10-13H2,1H3/t15-,17+/m0/s1. The molecule has 0 radical (unpaired) electrons. The van der Waals surface area contributed by atoms with Crippen molar-refractivity contribution < 1.29 is 18.7 Å². The lowest BCUT2D eigenvalue weighted by Crippen LogP contribution is -2.52. The molecule has 5 nitrogen and oxygen atoms in total. The molecule has 2 aliphatic rings. The monoisotopic (exact) mass is 343 g/mol. The van der Waals surface area contributed by atoms with Crippen molar-refractivity contribution in [2.24, 2.45) is 0 Å². The molecule has 134 valence electrons. The highest BCUT2D eigenvalue weighted by Gasteiger charge is 2.35. The van der Waals surface area contributed by atoms with E-state index in [0.717, 1.165) is 37.0 Å². The molecule has 1 aromatic carbocycles. The van der Waals surface area contributed by atoms with Crippen LogP contribution in [0.1, 0.15) is 48.7 Å². The molecule has 0 unspecified atom stereocenters. The summed E-state index contributed by atoms with van der Waals surface area (Å²) in [4.78, 5) is 15.0. The van der Waals surface area contributed by atoms with Crippen LogP contribution in [0.2, 0.25) is 0 Å². The molecule has 1 aromatic heterocycles. The van der Waals surface area contributed by atoms with Gasteiger partial charge in [0.1, 0.15) is 16.9 Å². The lowest BCUT2D eigenvalue weighted by molar-refractivity contribution is -0.0926. The number of furan rings is 1. The number of rotatable bonds is 4. The molecule has 0 N–H and O–H groups in total. The van der Waals surface area contributed by atoms with Crippen LogP contribution in [0.15, 0.2) is 28.7 Å². The Balaban J connectivity index is 1.66. The summed E-state index contributed by atoms with van der Waals surface area (Å²) in [7, 11) is 0. The van der Waals surface area contributed by atoms with Crippen LogP contribution in [-0.4, -0.2) is 42.8 Å². The van der Waals surface area contributed by atoms with Gasteiger partial charge in [0.2, 0.25) is 0 Å². The third-order valence-electron chi connectivity index (χ3n) is 5.34. The minimum atomic E-state index is -0.295. The summed E-state index contributed by atoms with van der Waals surface area (Å²) in [6.07, 6.45) is 5.09. The van der Waals surface area contributed by atoms with Crippen LogP contribution < -0.4 is 0 Å². The smallest absolute Gasteiger partial charge is 0.342 e. The average Bonchev–Trinajstić information content (AvgIpc) is 3.00. The molecular formula is C20H25NO4. The molecule has 5 heteroatoms. The molecule has 2 fully saturated rings. The maximum Gasteiger partial charge on any atom is 0.342 e. The van der Waals surface area contributed by atoms with Gasteiger partial charge in [0.25, 0.3) is 0 Å². The fraction of sp³-hybridized carbons (Fsp3) is 0.550. The first kappa shape index (κ1) is 16.6. The lowest BCUT2D eigenvalue weighted by atomic mass is 9.90. The van der Waals surface area contributed by atoms with Crippen molar-refractivity contribution in [2.75, 3.05) is 19.8 Å². The Morgan fingerprint density at radius 2 is 2.12 bits per heavy atom. The van der Waals surface area contributed by atoms with Gasteiger partial charge in [0.15, 0.2) is 0 Å². The van der Waals surface area contributed by atoms with Crippen molar-refractivity contribution in [3.63, 3.8) is 0 Å². The van der Waals surface area contributed by atoms with E-state index in [9.17, 15) is 4.79 Å². The number of benzene rings is 1. The van der Waals surface area contributed by atoms with Gasteiger partial charge in [-0.3, -0.25) is 4.90 Å². The first-order valence-electron chi connectivity index (χ1n) is 9.31. The van der Waals surface area contributed by atoms with Crippen molar-refractivity contribution >= 4 is 16.9 Å². The SMILES string of the molecule is CCOC(=O)c1c(CN2CCO[C@@H]3CCCC[C@@H]32)oc2ccccc12. The number of carbonyl (C=O) groups is 1. The Labute approximate surface area is 147 Å². The molecular weight excluding hydrogens is 318 g/mol. The van der Waals surface area contributed by atoms with Crippen LogP contribution in [0.25, 0.3) is 11.0 Å². The number of para-hydroxylation sites is 1. The van der Waals surface area contributed by atoms with Crippen molar-refractivity contribution in [1.82, 2.24) is 4.90 Å².